The maximum absolute atomic E-state index is 11.4. The summed E-state index contributed by atoms with van der Waals surface area (Å²) < 4.78 is 5.85. The Morgan fingerprint density at radius 1 is 0.889 bits per heavy atom. The zero-order valence-electron chi connectivity index (χ0n) is 20.3. The van der Waals surface area contributed by atoms with Crippen LogP contribution >= 0.6 is 12.4 Å². The van der Waals surface area contributed by atoms with Gasteiger partial charge in [-0.15, -0.1) is 12.4 Å². The minimum Gasteiger partial charge on any atom is -0.489 e. The average Bonchev–Trinajstić information content (AvgIpc) is 3.28. The van der Waals surface area contributed by atoms with E-state index in [4.69, 9.17) is 4.74 Å². The fraction of sp³-hybridized carbons (Fsp3) is 0.276. The Bertz CT molecular complexity index is 1200. The monoisotopic (exact) mass is 507 g/mol. The van der Waals surface area contributed by atoms with Crippen molar-refractivity contribution in [2.75, 3.05) is 19.6 Å². The molecule has 1 aromatic heterocycles. The van der Waals surface area contributed by atoms with Gasteiger partial charge in [0.15, 0.2) is 0 Å². The number of H-pyrrole nitrogens is 1. The number of carboxylic acids is 1. The van der Waals surface area contributed by atoms with Crippen LogP contribution < -0.4 is 15.4 Å². The Morgan fingerprint density at radius 3 is 2.42 bits per heavy atom. The lowest BCUT2D eigenvalue weighted by molar-refractivity contribution is -0.137. The molecule has 0 saturated heterocycles. The van der Waals surface area contributed by atoms with Gasteiger partial charge >= 0.3 is 5.97 Å². The van der Waals surface area contributed by atoms with Crippen LogP contribution in [0, 0.1) is 0 Å². The molecule has 0 unspecified atom stereocenters. The van der Waals surface area contributed by atoms with E-state index in [2.05, 4.69) is 45.9 Å². The smallest absolute Gasteiger partial charge is 0.304 e. The number of aromatic amines is 1. The molecule has 0 aliphatic carbocycles. The third-order valence-electron chi connectivity index (χ3n) is 6.06. The second-order valence-corrected chi connectivity index (χ2v) is 8.73. The summed E-state index contributed by atoms with van der Waals surface area (Å²) in [6, 6.07) is 26.4. The van der Waals surface area contributed by atoms with Crippen LogP contribution in [0.4, 0.5) is 0 Å². The van der Waals surface area contributed by atoms with Gasteiger partial charge < -0.3 is 25.5 Å². The van der Waals surface area contributed by atoms with E-state index in [1.54, 1.807) is 0 Å². The van der Waals surface area contributed by atoms with Crippen molar-refractivity contribution in [1.29, 1.82) is 0 Å². The molecule has 0 aliphatic rings. The number of hydrogen-bond donors (Lipinski definition) is 4. The minimum atomic E-state index is -0.786. The lowest BCUT2D eigenvalue weighted by Crippen LogP contribution is -2.38. The quantitative estimate of drug-likeness (QED) is 0.181. The number of nitrogens with one attached hydrogen (secondary N) is 3. The van der Waals surface area contributed by atoms with E-state index in [1.807, 2.05) is 54.7 Å². The summed E-state index contributed by atoms with van der Waals surface area (Å²) in [7, 11) is 0. The van der Waals surface area contributed by atoms with Gasteiger partial charge in [0.25, 0.3) is 0 Å². The van der Waals surface area contributed by atoms with Gasteiger partial charge in [-0.05, 0) is 54.3 Å². The number of aromatic nitrogens is 1. The topological polar surface area (TPSA) is 86.4 Å². The van der Waals surface area contributed by atoms with Gasteiger partial charge in [0.05, 0.1) is 6.42 Å². The van der Waals surface area contributed by atoms with Crippen molar-refractivity contribution in [3.8, 4) is 5.75 Å². The van der Waals surface area contributed by atoms with Crippen LogP contribution in [0.15, 0.2) is 85.1 Å². The second kappa shape index (κ2) is 14.3. The predicted octanol–water partition coefficient (Wildman–Crippen LogP) is 4.98. The predicted molar refractivity (Wildman–Crippen MR) is 147 cm³/mol. The van der Waals surface area contributed by atoms with Gasteiger partial charge in [0.2, 0.25) is 0 Å². The molecule has 7 heteroatoms. The fourth-order valence-electron chi connectivity index (χ4n) is 4.21. The molecule has 0 aliphatic heterocycles. The first-order chi connectivity index (χ1) is 17.2. The highest BCUT2D eigenvalue weighted by Crippen LogP contribution is 2.20. The average molecular weight is 508 g/mol. The van der Waals surface area contributed by atoms with Crippen LogP contribution in [0.25, 0.3) is 10.9 Å². The minimum absolute atomic E-state index is 0. The first-order valence-electron chi connectivity index (χ1n) is 12.1. The van der Waals surface area contributed by atoms with E-state index < -0.39 is 5.97 Å². The van der Waals surface area contributed by atoms with E-state index >= 15 is 0 Å². The summed E-state index contributed by atoms with van der Waals surface area (Å²) in [5, 5.41) is 17.3. The molecule has 0 amide bonds. The molecule has 4 aromatic rings. The standard InChI is InChI=1S/C29H33N3O3.ClH/c33-29(34)19-25(18-24-20-32-28-9-5-4-8-27(24)28)31-17-16-30-15-14-22-10-12-26(13-11-22)35-21-23-6-2-1-3-7-23;/h1-13,20,25,30-32H,14-19,21H2,(H,33,34);1H/t25-;/m1./s1. The third kappa shape index (κ3) is 8.41. The SMILES string of the molecule is Cl.O=C(O)C[C@@H](Cc1c[nH]c2ccccc12)NCCNCCc1ccc(OCc2ccccc2)cc1. The molecule has 6 nitrogen and oxygen atoms in total. The van der Waals surface area contributed by atoms with E-state index in [0.717, 1.165) is 47.3 Å². The number of fused-ring (bicyclic) bond motifs is 1. The van der Waals surface area contributed by atoms with Crippen LogP contribution in [0.3, 0.4) is 0 Å². The maximum Gasteiger partial charge on any atom is 0.304 e. The van der Waals surface area contributed by atoms with Gasteiger partial charge in [0.1, 0.15) is 12.4 Å². The van der Waals surface area contributed by atoms with E-state index in [9.17, 15) is 9.90 Å². The molecule has 0 bridgehead atoms. The summed E-state index contributed by atoms with van der Waals surface area (Å²) >= 11 is 0. The molecule has 36 heavy (non-hydrogen) atoms. The summed E-state index contributed by atoms with van der Waals surface area (Å²) in [5.74, 6) is 0.0842. The molecule has 0 saturated carbocycles. The first kappa shape index (κ1) is 27.3. The number of benzene rings is 3. The highest BCUT2D eigenvalue weighted by atomic mass is 35.5. The maximum atomic E-state index is 11.4. The van der Waals surface area contributed by atoms with Crippen molar-refractivity contribution < 1.29 is 14.6 Å². The molecule has 190 valence electrons. The van der Waals surface area contributed by atoms with Crippen molar-refractivity contribution in [3.05, 3.63) is 102 Å². The molecule has 3 aromatic carbocycles. The number of aliphatic carboxylic acids is 1. The van der Waals surface area contributed by atoms with Crippen LogP contribution in [0.5, 0.6) is 5.75 Å². The van der Waals surface area contributed by atoms with Gasteiger partial charge in [-0.25, -0.2) is 0 Å². The molecule has 0 radical (unpaired) electrons. The van der Waals surface area contributed by atoms with Crippen molar-refractivity contribution in [3.63, 3.8) is 0 Å². The summed E-state index contributed by atoms with van der Waals surface area (Å²) in [4.78, 5) is 14.6. The van der Waals surface area contributed by atoms with Crippen LogP contribution in [-0.4, -0.2) is 41.7 Å². The molecule has 0 spiro atoms. The molecular weight excluding hydrogens is 474 g/mol. The van der Waals surface area contributed by atoms with E-state index in [-0.39, 0.29) is 24.9 Å². The van der Waals surface area contributed by atoms with Crippen LogP contribution in [0.2, 0.25) is 0 Å². The Balaban J connectivity index is 0.00000361. The van der Waals surface area contributed by atoms with Crippen molar-refractivity contribution >= 4 is 29.3 Å². The number of para-hydroxylation sites is 1. The van der Waals surface area contributed by atoms with Crippen molar-refractivity contribution in [2.24, 2.45) is 0 Å². The number of ether oxygens (including phenoxy) is 1. The Morgan fingerprint density at radius 2 is 1.64 bits per heavy atom. The van der Waals surface area contributed by atoms with Crippen molar-refractivity contribution in [1.82, 2.24) is 15.6 Å². The lowest BCUT2D eigenvalue weighted by atomic mass is 10.0. The molecule has 1 heterocycles. The van der Waals surface area contributed by atoms with Gasteiger partial charge in [-0.3, -0.25) is 4.79 Å². The number of hydrogen-bond acceptors (Lipinski definition) is 4. The van der Waals surface area contributed by atoms with E-state index in [1.165, 1.54) is 5.56 Å². The molecular formula is C29H34ClN3O3. The number of carboxylic acid groups (broad SMARTS) is 1. The van der Waals surface area contributed by atoms with Gasteiger partial charge in [-0.1, -0.05) is 60.7 Å². The van der Waals surface area contributed by atoms with Crippen LogP contribution in [0.1, 0.15) is 23.1 Å². The Hall–Kier alpha value is -3.32. The summed E-state index contributed by atoms with van der Waals surface area (Å²) in [5.41, 5.74) is 4.62. The third-order valence-corrected chi connectivity index (χ3v) is 6.06. The first-order valence-corrected chi connectivity index (χ1v) is 12.1. The molecule has 1 atom stereocenters. The number of rotatable bonds is 14. The Kier molecular flexibility index (Phi) is 10.8. The van der Waals surface area contributed by atoms with E-state index in [0.29, 0.717) is 19.6 Å². The highest BCUT2D eigenvalue weighted by molar-refractivity contribution is 5.85. The summed E-state index contributed by atoms with van der Waals surface area (Å²) in [6.45, 7) is 2.92. The van der Waals surface area contributed by atoms with Crippen LogP contribution in [-0.2, 0) is 24.2 Å². The second-order valence-electron chi connectivity index (χ2n) is 8.73. The lowest BCUT2D eigenvalue weighted by Gasteiger charge is -2.17. The van der Waals surface area contributed by atoms with Crippen molar-refractivity contribution in [2.45, 2.75) is 31.9 Å². The van der Waals surface area contributed by atoms with Gasteiger partial charge in [-0.2, -0.15) is 0 Å². The number of carbonyl (C=O) groups is 1. The number of halogens is 1. The molecule has 4 rings (SSSR count). The fourth-order valence-corrected chi connectivity index (χ4v) is 4.21. The normalized spacial score (nSPS) is 11.7. The molecule has 0 fully saturated rings. The zero-order valence-corrected chi connectivity index (χ0v) is 21.1. The molecule has 4 N–H and O–H groups in total. The Labute approximate surface area is 218 Å². The van der Waals surface area contributed by atoms with Gasteiger partial charge in [0, 0.05) is 36.2 Å². The highest BCUT2D eigenvalue weighted by Gasteiger charge is 2.15. The zero-order chi connectivity index (χ0) is 24.3. The summed E-state index contributed by atoms with van der Waals surface area (Å²) in [6.07, 6.45) is 3.68. The largest absolute Gasteiger partial charge is 0.489 e.